The molecule has 0 aromatic heterocycles. The molecule has 0 aromatic carbocycles. The van der Waals surface area contributed by atoms with Gasteiger partial charge >= 0.3 is 11.9 Å². The molecule has 0 spiro atoms. The van der Waals surface area contributed by atoms with E-state index in [0.29, 0.717) is 12.8 Å². The first kappa shape index (κ1) is 44.8. The largest absolute Gasteiger partial charge is 0.462 e. The Morgan fingerprint density at radius 1 is 0.479 bits per heavy atom. The molecule has 1 atom stereocenters. The van der Waals surface area contributed by atoms with Gasteiger partial charge in [0.25, 0.3) is 0 Å². The first-order valence-electron chi connectivity index (χ1n) is 18.8. The molecule has 0 aromatic rings. The van der Waals surface area contributed by atoms with Crippen molar-refractivity contribution in [2.75, 3.05) is 13.2 Å². The molecule has 0 unspecified atom stereocenters. The number of ether oxygens (including phenoxy) is 2. The average Bonchev–Trinajstić information content (AvgIpc) is 3.09. The van der Waals surface area contributed by atoms with E-state index in [1.165, 1.54) is 0 Å². The smallest absolute Gasteiger partial charge is 0.306 e. The summed E-state index contributed by atoms with van der Waals surface area (Å²) in [5, 5.41) is 9.54. The van der Waals surface area contributed by atoms with Gasteiger partial charge in [0.2, 0.25) is 0 Å². The predicted molar refractivity (Wildman–Crippen MR) is 205 cm³/mol. The van der Waals surface area contributed by atoms with Crippen LogP contribution in [0.5, 0.6) is 0 Å². The second kappa shape index (κ2) is 38.3. The van der Waals surface area contributed by atoms with Crippen LogP contribution in [0, 0.1) is 0 Å². The van der Waals surface area contributed by atoms with Crippen molar-refractivity contribution in [2.24, 2.45) is 0 Å². The van der Waals surface area contributed by atoms with Crippen molar-refractivity contribution in [3.8, 4) is 0 Å². The van der Waals surface area contributed by atoms with E-state index >= 15 is 0 Å². The van der Waals surface area contributed by atoms with Crippen LogP contribution in [0.15, 0.2) is 97.2 Å². The molecule has 0 bridgehead atoms. The molecule has 5 heteroatoms. The third-order valence-corrected chi connectivity index (χ3v) is 7.37. The van der Waals surface area contributed by atoms with Crippen molar-refractivity contribution < 1.29 is 24.2 Å². The lowest BCUT2D eigenvalue weighted by Crippen LogP contribution is -2.28. The van der Waals surface area contributed by atoms with Crippen molar-refractivity contribution in [3.05, 3.63) is 97.2 Å². The van der Waals surface area contributed by atoms with Gasteiger partial charge in [0.1, 0.15) is 6.61 Å². The topological polar surface area (TPSA) is 72.8 Å². The number of hydrogen-bond acceptors (Lipinski definition) is 5. The van der Waals surface area contributed by atoms with Crippen LogP contribution in [0.25, 0.3) is 0 Å². The molecule has 0 rings (SSSR count). The Balaban J connectivity index is 3.71. The van der Waals surface area contributed by atoms with E-state index in [4.69, 9.17) is 9.47 Å². The molecule has 48 heavy (non-hydrogen) atoms. The van der Waals surface area contributed by atoms with Crippen molar-refractivity contribution in [1.29, 1.82) is 0 Å². The summed E-state index contributed by atoms with van der Waals surface area (Å²) in [5.74, 6) is -0.660. The highest BCUT2D eigenvalue weighted by Crippen LogP contribution is 2.10. The van der Waals surface area contributed by atoms with Gasteiger partial charge < -0.3 is 14.6 Å². The fraction of sp³-hybridized carbons (Fsp3) is 0.581. The zero-order valence-corrected chi connectivity index (χ0v) is 30.5. The summed E-state index contributed by atoms with van der Waals surface area (Å²) >= 11 is 0. The quantitative estimate of drug-likeness (QED) is 0.0440. The first-order chi connectivity index (χ1) is 23.6. The molecule has 0 aliphatic rings. The number of esters is 2. The average molecular weight is 665 g/mol. The number of unbranched alkanes of at least 4 members (excludes halogenated alkanes) is 8. The number of aliphatic hydroxyl groups excluding tert-OH is 1. The fourth-order valence-electron chi connectivity index (χ4n) is 4.59. The van der Waals surface area contributed by atoms with Crippen LogP contribution < -0.4 is 0 Å². The molecule has 5 nitrogen and oxygen atoms in total. The minimum Gasteiger partial charge on any atom is -0.462 e. The molecule has 270 valence electrons. The minimum atomic E-state index is -0.802. The van der Waals surface area contributed by atoms with E-state index < -0.39 is 6.10 Å². The van der Waals surface area contributed by atoms with Crippen LogP contribution >= 0.6 is 0 Å². The summed E-state index contributed by atoms with van der Waals surface area (Å²) in [6.07, 6.45) is 53.2. The minimum absolute atomic E-state index is 0.0951. The van der Waals surface area contributed by atoms with Crippen molar-refractivity contribution in [1.82, 2.24) is 0 Å². The van der Waals surface area contributed by atoms with E-state index in [0.717, 1.165) is 116 Å². The van der Waals surface area contributed by atoms with Crippen molar-refractivity contribution in [2.45, 2.75) is 148 Å². The lowest BCUT2D eigenvalue weighted by Gasteiger charge is -2.15. The summed E-state index contributed by atoms with van der Waals surface area (Å²) < 4.78 is 10.6. The standard InChI is InChI=1S/C43H68O5/c1-3-5-7-9-11-13-15-17-19-20-21-22-24-26-28-30-32-34-36-38-43(46)48-41(39-44)40-47-42(45)37-35-33-31-29-27-25-23-18-16-14-12-10-8-6-4-2/h5-8,11-14,17-19,21-23,26,28,41,44H,3-4,9-10,15-16,20,24-25,27,29-40H2,1-2H3/t41-/m0/s1. The van der Waals surface area contributed by atoms with E-state index in [9.17, 15) is 14.7 Å². The van der Waals surface area contributed by atoms with Gasteiger partial charge in [-0.1, -0.05) is 137 Å². The molecule has 0 saturated carbocycles. The summed E-state index contributed by atoms with van der Waals surface area (Å²) in [6.45, 7) is 3.84. The summed E-state index contributed by atoms with van der Waals surface area (Å²) in [6, 6.07) is 0. The van der Waals surface area contributed by atoms with Crippen molar-refractivity contribution >= 4 is 11.9 Å². The van der Waals surface area contributed by atoms with Gasteiger partial charge in [0, 0.05) is 12.8 Å². The van der Waals surface area contributed by atoms with Gasteiger partial charge in [-0.3, -0.25) is 9.59 Å². The zero-order valence-electron chi connectivity index (χ0n) is 30.5. The molecular weight excluding hydrogens is 596 g/mol. The Bertz CT molecular complexity index is 979. The maximum atomic E-state index is 12.2. The highest BCUT2D eigenvalue weighted by atomic mass is 16.6. The lowest BCUT2D eigenvalue weighted by molar-refractivity contribution is -0.161. The third-order valence-electron chi connectivity index (χ3n) is 7.37. The van der Waals surface area contributed by atoms with Gasteiger partial charge in [-0.25, -0.2) is 0 Å². The molecule has 0 aliphatic carbocycles. The van der Waals surface area contributed by atoms with Crippen LogP contribution in [0.1, 0.15) is 142 Å². The summed E-state index contributed by atoms with van der Waals surface area (Å²) in [7, 11) is 0. The van der Waals surface area contributed by atoms with Gasteiger partial charge in [-0.15, -0.1) is 0 Å². The van der Waals surface area contributed by atoms with Crippen LogP contribution in [-0.2, 0) is 19.1 Å². The van der Waals surface area contributed by atoms with E-state index in [1.54, 1.807) is 0 Å². The number of carbonyl (C=O) groups excluding carboxylic acids is 2. The summed E-state index contributed by atoms with van der Waals surface area (Å²) in [4.78, 5) is 24.2. The van der Waals surface area contributed by atoms with E-state index in [2.05, 4.69) is 111 Å². The molecule has 0 saturated heterocycles. The highest BCUT2D eigenvalue weighted by Gasteiger charge is 2.16. The van der Waals surface area contributed by atoms with Crippen molar-refractivity contribution in [3.63, 3.8) is 0 Å². The molecule has 0 heterocycles. The molecule has 0 aliphatic heterocycles. The monoisotopic (exact) mass is 665 g/mol. The third kappa shape index (κ3) is 35.7. The molecule has 0 radical (unpaired) electrons. The second-order valence-electron chi connectivity index (χ2n) is 11.9. The highest BCUT2D eigenvalue weighted by molar-refractivity contribution is 5.70. The van der Waals surface area contributed by atoms with Gasteiger partial charge in [-0.05, 0) is 89.9 Å². The molecule has 1 N–H and O–H groups in total. The Labute approximate surface area is 294 Å². The zero-order chi connectivity index (χ0) is 35.0. The van der Waals surface area contributed by atoms with Gasteiger partial charge in [0.15, 0.2) is 6.10 Å². The Kier molecular flexibility index (Phi) is 35.7. The normalized spacial score (nSPS) is 13.3. The lowest BCUT2D eigenvalue weighted by atomic mass is 10.1. The van der Waals surface area contributed by atoms with E-state index in [1.807, 2.05) is 0 Å². The summed E-state index contributed by atoms with van der Waals surface area (Å²) in [5.41, 5.74) is 0. The van der Waals surface area contributed by atoms with Gasteiger partial charge in [-0.2, -0.15) is 0 Å². The molecule has 0 fully saturated rings. The van der Waals surface area contributed by atoms with E-state index in [-0.39, 0.29) is 25.2 Å². The molecular formula is C43H68O5. The number of rotatable bonds is 32. The van der Waals surface area contributed by atoms with Crippen LogP contribution in [-0.4, -0.2) is 36.4 Å². The Hall–Kier alpha value is -3.18. The number of hydrogen-bond donors (Lipinski definition) is 1. The van der Waals surface area contributed by atoms with Crippen LogP contribution in [0.2, 0.25) is 0 Å². The maximum absolute atomic E-state index is 12.2. The van der Waals surface area contributed by atoms with Crippen LogP contribution in [0.3, 0.4) is 0 Å². The van der Waals surface area contributed by atoms with Gasteiger partial charge in [0.05, 0.1) is 6.61 Å². The number of carbonyl (C=O) groups is 2. The fourth-order valence-corrected chi connectivity index (χ4v) is 4.59. The maximum Gasteiger partial charge on any atom is 0.306 e. The number of allylic oxidation sites excluding steroid dienone is 16. The second-order valence-corrected chi connectivity index (χ2v) is 11.9. The SMILES string of the molecule is CCC=CCC=CCC=CCC=CCC=CCCCCCC(=O)O[C@@H](CO)COC(=O)CCCCCCCC=CCC=CCC=CCC. The first-order valence-corrected chi connectivity index (χ1v) is 18.8. The predicted octanol–water partition coefficient (Wildman–Crippen LogP) is 11.7. The number of aliphatic hydroxyl groups is 1. The Morgan fingerprint density at radius 3 is 1.27 bits per heavy atom. The molecule has 0 amide bonds. The van der Waals surface area contributed by atoms with Crippen LogP contribution in [0.4, 0.5) is 0 Å². The Morgan fingerprint density at radius 2 is 0.833 bits per heavy atom.